The minimum absolute atomic E-state index is 0.829. The van der Waals surface area contributed by atoms with Crippen LogP contribution in [0.4, 0.5) is 5.69 Å². The monoisotopic (exact) mass is 262 g/mol. The largest absolute Gasteiger partial charge is 0.369 e. The number of rotatable bonds is 5. The van der Waals surface area contributed by atoms with E-state index >= 15 is 0 Å². The molecule has 5 heteroatoms. The molecule has 0 atom stereocenters. The first-order chi connectivity index (χ1) is 8.72. The van der Waals surface area contributed by atoms with Crippen LogP contribution >= 0.6 is 11.3 Å². The average molecular weight is 262 g/mol. The van der Waals surface area contributed by atoms with Crippen molar-refractivity contribution in [1.82, 2.24) is 15.3 Å². The van der Waals surface area contributed by atoms with E-state index in [0.717, 1.165) is 18.8 Å². The van der Waals surface area contributed by atoms with Gasteiger partial charge in [-0.2, -0.15) is 0 Å². The SMILES string of the molecule is CNCc1cnccc1N(C)Cc1scnc1C. The van der Waals surface area contributed by atoms with Gasteiger partial charge in [0, 0.05) is 42.1 Å². The first kappa shape index (κ1) is 13.0. The molecule has 1 N–H and O–H groups in total. The van der Waals surface area contributed by atoms with E-state index in [-0.39, 0.29) is 0 Å². The number of anilines is 1. The Morgan fingerprint density at radius 3 is 2.94 bits per heavy atom. The molecule has 0 saturated carbocycles. The number of aromatic nitrogens is 2. The lowest BCUT2D eigenvalue weighted by atomic mass is 10.2. The van der Waals surface area contributed by atoms with Gasteiger partial charge in [0.05, 0.1) is 17.7 Å². The summed E-state index contributed by atoms with van der Waals surface area (Å²) in [6.45, 7) is 3.77. The molecular weight excluding hydrogens is 244 g/mol. The Labute approximate surface area is 112 Å². The maximum absolute atomic E-state index is 4.29. The van der Waals surface area contributed by atoms with Crippen LogP contribution in [0.3, 0.4) is 0 Å². The van der Waals surface area contributed by atoms with E-state index in [1.807, 2.05) is 25.0 Å². The first-order valence-electron chi connectivity index (χ1n) is 5.90. The molecule has 0 aliphatic carbocycles. The summed E-state index contributed by atoms with van der Waals surface area (Å²) >= 11 is 1.71. The van der Waals surface area contributed by atoms with Crippen LogP contribution < -0.4 is 10.2 Å². The third-order valence-corrected chi connectivity index (χ3v) is 3.80. The summed E-state index contributed by atoms with van der Waals surface area (Å²) in [7, 11) is 4.05. The lowest BCUT2D eigenvalue weighted by Gasteiger charge is -2.21. The third kappa shape index (κ3) is 2.86. The van der Waals surface area contributed by atoms with Crippen molar-refractivity contribution in [2.24, 2.45) is 0 Å². The molecule has 0 saturated heterocycles. The Balaban J connectivity index is 2.18. The molecule has 2 aromatic rings. The molecule has 0 aliphatic heterocycles. The highest BCUT2D eigenvalue weighted by Gasteiger charge is 2.10. The molecule has 0 unspecified atom stereocenters. The quantitative estimate of drug-likeness (QED) is 0.897. The maximum Gasteiger partial charge on any atom is 0.0798 e. The van der Waals surface area contributed by atoms with Crippen LogP contribution in [0, 0.1) is 6.92 Å². The van der Waals surface area contributed by atoms with Crippen molar-refractivity contribution in [3.05, 3.63) is 40.1 Å². The normalized spacial score (nSPS) is 10.6. The van der Waals surface area contributed by atoms with Gasteiger partial charge >= 0.3 is 0 Å². The predicted molar refractivity (Wildman–Crippen MR) is 76.0 cm³/mol. The van der Waals surface area contributed by atoms with Crippen molar-refractivity contribution in [2.75, 3.05) is 19.0 Å². The van der Waals surface area contributed by atoms with Gasteiger partial charge in [0.2, 0.25) is 0 Å². The second-order valence-corrected chi connectivity index (χ2v) is 5.19. The zero-order valence-electron chi connectivity index (χ0n) is 11.0. The number of aryl methyl sites for hydroxylation is 1. The average Bonchev–Trinajstić information content (AvgIpc) is 2.76. The van der Waals surface area contributed by atoms with Crippen LogP contribution in [0.1, 0.15) is 16.1 Å². The molecule has 4 nitrogen and oxygen atoms in total. The fourth-order valence-corrected chi connectivity index (χ4v) is 2.73. The molecule has 2 aromatic heterocycles. The molecule has 96 valence electrons. The third-order valence-electron chi connectivity index (χ3n) is 2.88. The molecule has 18 heavy (non-hydrogen) atoms. The zero-order valence-corrected chi connectivity index (χ0v) is 11.8. The second-order valence-electron chi connectivity index (χ2n) is 4.25. The molecule has 2 rings (SSSR count). The number of nitrogens with one attached hydrogen (secondary N) is 1. The molecule has 2 heterocycles. The standard InChI is InChI=1S/C13H18N4S/c1-10-13(18-9-16-10)8-17(3)12-4-5-15-7-11(12)6-14-2/h4-5,7,9,14H,6,8H2,1-3H3. The van der Waals surface area contributed by atoms with Crippen molar-refractivity contribution < 1.29 is 0 Å². The van der Waals surface area contributed by atoms with Crippen molar-refractivity contribution in [3.8, 4) is 0 Å². The number of hydrogen-bond acceptors (Lipinski definition) is 5. The fraction of sp³-hybridized carbons (Fsp3) is 0.385. The van der Waals surface area contributed by atoms with E-state index in [4.69, 9.17) is 0 Å². The van der Waals surface area contributed by atoms with Crippen molar-refractivity contribution >= 4 is 17.0 Å². The molecule has 0 aliphatic rings. The van der Waals surface area contributed by atoms with Crippen LogP contribution in [0.15, 0.2) is 24.0 Å². The van der Waals surface area contributed by atoms with E-state index in [0.29, 0.717) is 0 Å². The highest BCUT2D eigenvalue weighted by Crippen LogP contribution is 2.22. The predicted octanol–water partition coefficient (Wildman–Crippen LogP) is 2.20. The summed E-state index contributed by atoms with van der Waals surface area (Å²) in [4.78, 5) is 12.0. The fourth-order valence-electron chi connectivity index (χ4n) is 1.90. The van der Waals surface area contributed by atoms with E-state index in [2.05, 4.69) is 40.2 Å². The molecular formula is C13H18N4S. The summed E-state index contributed by atoms with van der Waals surface area (Å²) in [6, 6.07) is 2.06. The van der Waals surface area contributed by atoms with Crippen LogP contribution in [-0.2, 0) is 13.1 Å². The van der Waals surface area contributed by atoms with Gasteiger partial charge in [0.15, 0.2) is 0 Å². The molecule has 0 bridgehead atoms. The molecule has 0 fully saturated rings. The van der Waals surface area contributed by atoms with Gasteiger partial charge in [0.1, 0.15) is 0 Å². The van der Waals surface area contributed by atoms with Crippen molar-refractivity contribution in [2.45, 2.75) is 20.0 Å². The van der Waals surface area contributed by atoms with Gasteiger partial charge in [-0.1, -0.05) is 0 Å². The van der Waals surface area contributed by atoms with Crippen LogP contribution in [0.5, 0.6) is 0 Å². The van der Waals surface area contributed by atoms with Crippen molar-refractivity contribution in [1.29, 1.82) is 0 Å². The Morgan fingerprint density at radius 1 is 1.44 bits per heavy atom. The van der Waals surface area contributed by atoms with Crippen LogP contribution in [0.2, 0.25) is 0 Å². The highest BCUT2D eigenvalue weighted by molar-refractivity contribution is 7.09. The number of pyridine rings is 1. The molecule has 0 amide bonds. The lowest BCUT2D eigenvalue weighted by molar-refractivity contribution is 0.801. The molecule has 0 aromatic carbocycles. The van der Waals surface area contributed by atoms with Gasteiger partial charge < -0.3 is 10.2 Å². The summed E-state index contributed by atoms with van der Waals surface area (Å²) < 4.78 is 0. The topological polar surface area (TPSA) is 41.1 Å². The number of hydrogen-bond donors (Lipinski definition) is 1. The van der Waals surface area contributed by atoms with Gasteiger partial charge in [0.25, 0.3) is 0 Å². The van der Waals surface area contributed by atoms with E-state index in [1.165, 1.54) is 16.1 Å². The van der Waals surface area contributed by atoms with Gasteiger partial charge in [-0.3, -0.25) is 4.98 Å². The van der Waals surface area contributed by atoms with Crippen LogP contribution in [0.25, 0.3) is 0 Å². The number of nitrogens with zero attached hydrogens (tertiary/aromatic N) is 3. The molecule has 0 spiro atoms. The van der Waals surface area contributed by atoms with Gasteiger partial charge in [-0.15, -0.1) is 11.3 Å². The Hall–Kier alpha value is -1.46. The summed E-state index contributed by atoms with van der Waals surface area (Å²) in [5.41, 5.74) is 5.45. The van der Waals surface area contributed by atoms with E-state index < -0.39 is 0 Å². The van der Waals surface area contributed by atoms with Crippen LogP contribution in [-0.4, -0.2) is 24.1 Å². The minimum atomic E-state index is 0.829. The summed E-state index contributed by atoms with van der Waals surface area (Å²) in [5, 5.41) is 3.17. The minimum Gasteiger partial charge on any atom is -0.369 e. The molecule has 0 radical (unpaired) electrons. The Kier molecular flexibility index (Phi) is 4.28. The highest BCUT2D eigenvalue weighted by atomic mass is 32.1. The smallest absolute Gasteiger partial charge is 0.0798 e. The Bertz CT molecular complexity index is 509. The first-order valence-corrected chi connectivity index (χ1v) is 6.78. The van der Waals surface area contributed by atoms with E-state index in [9.17, 15) is 0 Å². The maximum atomic E-state index is 4.29. The summed E-state index contributed by atoms with van der Waals surface area (Å²) in [5.74, 6) is 0. The van der Waals surface area contributed by atoms with Gasteiger partial charge in [-0.05, 0) is 20.0 Å². The second kappa shape index (κ2) is 5.93. The summed E-state index contributed by atoms with van der Waals surface area (Å²) in [6.07, 6.45) is 3.76. The lowest BCUT2D eigenvalue weighted by Crippen LogP contribution is -2.19. The Morgan fingerprint density at radius 2 is 2.28 bits per heavy atom. The van der Waals surface area contributed by atoms with E-state index in [1.54, 1.807) is 11.3 Å². The van der Waals surface area contributed by atoms with Gasteiger partial charge in [-0.25, -0.2) is 4.98 Å². The number of thiazole rings is 1. The van der Waals surface area contributed by atoms with Crippen molar-refractivity contribution in [3.63, 3.8) is 0 Å². The zero-order chi connectivity index (χ0) is 13.0.